The van der Waals surface area contributed by atoms with Gasteiger partial charge in [-0.05, 0) is 6.92 Å². The lowest BCUT2D eigenvalue weighted by molar-refractivity contribution is -0.138. The smallest absolute Gasteiger partial charge is 0.321 e. The minimum atomic E-state index is -3.85. The zero-order chi connectivity index (χ0) is 11.6. The maximum atomic E-state index is 11.5. The second-order valence-electron chi connectivity index (χ2n) is 3.06. The number of hydrogen-bond acceptors (Lipinski definition) is 4. The number of rotatable bonds is 4. The first-order valence-corrected chi connectivity index (χ1v) is 5.54. The van der Waals surface area contributed by atoms with Gasteiger partial charge in [-0.1, -0.05) is 0 Å². The molecule has 84 valence electrons. The molecule has 0 amide bonds. The van der Waals surface area contributed by atoms with E-state index in [0.717, 1.165) is 0 Å². The molecule has 0 aromatic carbocycles. The van der Waals surface area contributed by atoms with Crippen LogP contribution in [0.2, 0.25) is 0 Å². The topological polar surface area (TPSA) is 101 Å². The van der Waals surface area contributed by atoms with Gasteiger partial charge in [0.25, 0.3) is 10.0 Å². The van der Waals surface area contributed by atoms with Gasteiger partial charge < -0.3 is 9.67 Å². The lowest BCUT2D eigenvalue weighted by Crippen LogP contribution is -2.38. The molecule has 0 aliphatic carbocycles. The maximum Gasteiger partial charge on any atom is 0.321 e. The number of aliphatic carboxylic acids is 1. The molecule has 15 heavy (non-hydrogen) atoms. The Morgan fingerprint density at radius 2 is 2.27 bits per heavy atom. The summed E-state index contributed by atoms with van der Waals surface area (Å²) in [5.41, 5.74) is 0. The van der Waals surface area contributed by atoms with Crippen molar-refractivity contribution in [2.24, 2.45) is 7.05 Å². The SMILES string of the molecule is CC(NS(=O)(=O)c1cn(C)cn1)C(=O)O. The first-order chi connectivity index (χ1) is 6.83. The van der Waals surface area contributed by atoms with Crippen LogP contribution in [0.3, 0.4) is 0 Å². The molecule has 0 fully saturated rings. The van der Waals surface area contributed by atoms with Gasteiger partial charge in [0, 0.05) is 13.2 Å². The lowest BCUT2D eigenvalue weighted by Gasteiger charge is -2.07. The van der Waals surface area contributed by atoms with Crippen molar-refractivity contribution in [2.45, 2.75) is 18.0 Å². The summed E-state index contributed by atoms with van der Waals surface area (Å²) in [5, 5.41) is 8.35. The fourth-order valence-electron chi connectivity index (χ4n) is 0.871. The van der Waals surface area contributed by atoms with E-state index in [2.05, 4.69) is 4.98 Å². The molecule has 8 heteroatoms. The number of nitrogens with one attached hydrogen (secondary N) is 1. The monoisotopic (exact) mass is 233 g/mol. The van der Waals surface area contributed by atoms with E-state index in [0.29, 0.717) is 0 Å². The quantitative estimate of drug-likeness (QED) is 0.707. The third kappa shape index (κ3) is 2.77. The molecule has 1 heterocycles. The van der Waals surface area contributed by atoms with Crippen molar-refractivity contribution in [2.75, 3.05) is 0 Å². The molecule has 0 aliphatic rings. The highest BCUT2D eigenvalue weighted by Crippen LogP contribution is 2.04. The maximum absolute atomic E-state index is 11.5. The van der Waals surface area contributed by atoms with Gasteiger partial charge in [0.15, 0.2) is 5.03 Å². The van der Waals surface area contributed by atoms with Crippen LogP contribution in [0.4, 0.5) is 0 Å². The van der Waals surface area contributed by atoms with Crippen LogP contribution in [0.15, 0.2) is 17.6 Å². The summed E-state index contributed by atoms with van der Waals surface area (Å²) in [7, 11) is -2.23. The molecule has 2 N–H and O–H groups in total. The Balaban J connectivity index is 2.90. The van der Waals surface area contributed by atoms with Crippen LogP contribution < -0.4 is 4.72 Å². The fourth-order valence-corrected chi connectivity index (χ4v) is 2.05. The van der Waals surface area contributed by atoms with Crippen molar-refractivity contribution in [3.8, 4) is 0 Å². The van der Waals surface area contributed by atoms with Crippen molar-refractivity contribution in [3.63, 3.8) is 0 Å². The van der Waals surface area contributed by atoms with Gasteiger partial charge in [-0.15, -0.1) is 0 Å². The molecule has 1 rings (SSSR count). The Morgan fingerprint density at radius 1 is 1.67 bits per heavy atom. The molecule has 0 bridgehead atoms. The second-order valence-corrected chi connectivity index (χ2v) is 4.72. The van der Waals surface area contributed by atoms with Crippen molar-refractivity contribution in [3.05, 3.63) is 12.5 Å². The molecule has 7 nitrogen and oxygen atoms in total. The number of sulfonamides is 1. The van der Waals surface area contributed by atoms with Crippen molar-refractivity contribution >= 4 is 16.0 Å². The van der Waals surface area contributed by atoms with Gasteiger partial charge in [-0.2, -0.15) is 4.72 Å². The molecule has 0 saturated heterocycles. The van der Waals surface area contributed by atoms with E-state index in [1.165, 1.54) is 24.0 Å². The van der Waals surface area contributed by atoms with Crippen LogP contribution >= 0.6 is 0 Å². The summed E-state index contributed by atoms with van der Waals surface area (Å²) in [6.07, 6.45) is 2.61. The number of aromatic nitrogens is 2. The highest BCUT2D eigenvalue weighted by atomic mass is 32.2. The predicted molar refractivity (Wildman–Crippen MR) is 50.6 cm³/mol. The Kier molecular flexibility index (Phi) is 3.10. The van der Waals surface area contributed by atoms with Crippen LogP contribution in [0.5, 0.6) is 0 Å². The molecular weight excluding hydrogens is 222 g/mol. The van der Waals surface area contributed by atoms with Crippen LogP contribution in [0.1, 0.15) is 6.92 Å². The van der Waals surface area contributed by atoms with E-state index < -0.39 is 22.0 Å². The first-order valence-electron chi connectivity index (χ1n) is 4.06. The summed E-state index contributed by atoms with van der Waals surface area (Å²) in [5.74, 6) is -1.24. The zero-order valence-corrected chi connectivity index (χ0v) is 9.02. The average Bonchev–Trinajstić information content (AvgIpc) is 2.51. The largest absolute Gasteiger partial charge is 0.480 e. The van der Waals surface area contributed by atoms with Crippen LogP contribution in [0, 0.1) is 0 Å². The predicted octanol–water partition coefficient (Wildman–Crippen LogP) is -0.828. The third-order valence-electron chi connectivity index (χ3n) is 1.66. The van der Waals surface area contributed by atoms with Crippen molar-refractivity contribution < 1.29 is 18.3 Å². The number of imidazole rings is 1. The van der Waals surface area contributed by atoms with Crippen LogP contribution in [-0.2, 0) is 21.9 Å². The van der Waals surface area contributed by atoms with Gasteiger partial charge in [-0.3, -0.25) is 4.79 Å². The van der Waals surface area contributed by atoms with E-state index >= 15 is 0 Å². The standard InChI is InChI=1S/C7H11N3O4S/c1-5(7(11)12)9-15(13,14)6-3-10(2)4-8-6/h3-5,9H,1-2H3,(H,11,12). The van der Waals surface area contributed by atoms with Crippen LogP contribution in [-0.4, -0.2) is 35.1 Å². The summed E-state index contributed by atoms with van der Waals surface area (Å²) in [6, 6.07) is -1.18. The van der Waals surface area contributed by atoms with Gasteiger partial charge >= 0.3 is 5.97 Å². The molecule has 1 unspecified atom stereocenters. The second kappa shape index (κ2) is 3.99. The van der Waals surface area contributed by atoms with Crippen molar-refractivity contribution in [1.29, 1.82) is 0 Å². The van der Waals surface area contributed by atoms with E-state index in [9.17, 15) is 13.2 Å². The van der Waals surface area contributed by atoms with Crippen molar-refractivity contribution in [1.82, 2.24) is 14.3 Å². The number of aryl methyl sites for hydroxylation is 1. The summed E-state index contributed by atoms with van der Waals surface area (Å²) in [4.78, 5) is 14.1. The lowest BCUT2D eigenvalue weighted by atomic mass is 10.4. The number of carboxylic acids is 1. The minimum Gasteiger partial charge on any atom is -0.480 e. The third-order valence-corrected chi connectivity index (χ3v) is 3.08. The van der Waals surface area contributed by atoms with E-state index in [-0.39, 0.29) is 5.03 Å². The fraction of sp³-hybridized carbons (Fsp3) is 0.429. The average molecular weight is 233 g/mol. The van der Waals surface area contributed by atoms with E-state index in [4.69, 9.17) is 5.11 Å². The number of nitrogens with zero attached hydrogens (tertiary/aromatic N) is 2. The zero-order valence-electron chi connectivity index (χ0n) is 8.21. The Hall–Kier alpha value is -1.41. The molecule has 0 spiro atoms. The highest BCUT2D eigenvalue weighted by molar-refractivity contribution is 7.89. The molecule has 0 radical (unpaired) electrons. The Bertz CT molecular complexity index is 464. The van der Waals surface area contributed by atoms with Crippen LogP contribution in [0.25, 0.3) is 0 Å². The Morgan fingerprint density at radius 3 is 2.67 bits per heavy atom. The Labute approximate surface area is 86.8 Å². The molecular formula is C7H11N3O4S. The van der Waals surface area contributed by atoms with Gasteiger partial charge in [0.05, 0.1) is 6.33 Å². The number of hydrogen-bond donors (Lipinski definition) is 2. The van der Waals surface area contributed by atoms with Gasteiger partial charge in [0.1, 0.15) is 6.04 Å². The normalized spacial score (nSPS) is 13.7. The highest BCUT2D eigenvalue weighted by Gasteiger charge is 2.23. The minimum absolute atomic E-state index is 0.196. The van der Waals surface area contributed by atoms with E-state index in [1.54, 1.807) is 7.05 Å². The first kappa shape index (κ1) is 11.7. The number of carboxylic acid groups (broad SMARTS) is 1. The summed E-state index contributed by atoms with van der Waals surface area (Å²) >= 11 is 0. The molecule has 1 aromatic heterocycles. The van der Waals surface area contributed by atoms with E-state index in [1.807, 2.05) is 4.72 Å². The molecule has 0 aliphatic heterocycles. The number of carbonyl (C=O) groups is 1. The molecule has 1 atom stereocenters. The van der Waals surface area contributed by atoms with Gasteiger partial charge in [0.2, 0.25) is 0 Å². The van der Waals surface area contributed by atoms with Gasteiger partial charge in [-0.25, -0.2) is 13.4 Å². The molecule has 1 aromatic rings. The summed E-state index contributed by atoms with van der Waals surface area (Å²) < 4.78 is 26.5. The molecule has 0 saturated carbocycles. The summed E-state index contributed by atoms with van der Waals surface area (Å²) in [6.45, 7) is 1.24.